The number of sulfone groups is 1. The predicted octanol–water partition coefficient (Wildman–Crippen LogP) is 2.21. The monoisotopic (exact) mass is 235 g/mol. The smallest absolute Gasteiger partial charge is 0.179 e. The first-order valence-electron chi connectivity index (χ1n) is 5.10. The molecular formula is C12H13NO2S. The number of benzene rings is 1. The third kappa shape index (κ3) is 1.16. The quantitative estimate of drug-likeness (QED) is 0.750. The highest BCUT2D eigenvalue weighted by Crippen LogP contribution is 2.38. The van der Waals surface area contributed by atoms with Crippen LogP contribution in [0.4, 0.5) is 5.69 Å². The molecule has 3 nitrogen and oxygen atoms in total. The Hall–Kier alpha value is -1.55. The van der Waals surface area contributed by atoms with Crippen LogP contribution in [-0.4, -0.2) is 14.2 Å². The number of hydrogen-bond donors (Lipinski definition) is 1. The molecule has 0 radical (unpaired) electrons. The van der Waals surface area contributed by atoms with Crippen molar-refractivity contribution in [1.29, 1.82) is 0 Å². The van der Waals surface area contributed by atoms with Crippen LogP contribution in [0.5, 0.6) is 0 Å². The first-order valence-corrected chi connectivity index (χ1v) is 6.76. The maximum Gasteiger partial charge on any atom is 0.179 e. The Kier molecular flexibility index (Phi) is 1.80. The van der Waals surface area contributed by atoms with Gasteiger partial charge in [-0.2, -0.15) is 0 Å². The molecule has 2 heterocycles. The van der Waals surface area contributed by atoms with E-state index in [9.17, 15) is 8.42 Å². The summed E-state index contributed by atoms with van der Waals surface area (Å²) in [6.07, 6.45) is 4.28. The van der Waals surface area contributed by atoms with E-state index >= 15 is 0 Å². The molecule has 4 heteroatoms. The van der Waals surface area contributed by atoms with Crippen LogP contribution in [0.15, 0.2) is 35.9 Å². The Morgan fingerprint density at radius 2 is 2.19 bits per heavy atom. The summed E-state index contributed by atoms with van der Waals surface area (Å²) in [7, 11) is -3.06. The summed E-state index contributed by atoms with van der Waals surface area (Å²) in [5, 5.41) is 3.11. The Labute approximate surface area is 95.9 Å². The van der Waals surface area contributed by atoms with Crippen molar-refractivity contribution in [2.75, 3.05) is 11.1 Å². The van der Waals surface area contributed by atoms with Gasteiger partial charge in [0.2, 0.25) is 0 Å². The van der Waals surface area contributed by atoms with E-state index in [-0.39, 0.29) is 7.18 Å². The molecule has 2 aliphatic heterocycles. The highest BCUT2D eigenvalue weighted by molar-refractivity contribution is 7.91. The van der Waals surface area contributed by atoms with Crippen LogP contribution in [0.3, 0.4) is 0 Å². The molecule has 0 amide bonds. The number of allylic oxidation sites excluding steroid dienone is 2. The minimum atomic E-state index is -3.06. The van der Waals surface area contributed by atoms with Gasteiger partial charge in [0.1, 0.15) is 0 Å². The molecule has 0 saturated heterocycles. The van der Waals surface area contributed by atoms with E-state index in [0.717, 1.165) is 22.4 Å². The van der Waals surface area contributed by atoms with Gasteiger partial charge in [-0.25, -0.2) is 8.42 Å². The summed E-state index contributed by atoms with van der Waals surface area (Å²) in [4.78, 5) is 0.476. The largest absolute Gasteiger partial charge is 0.361 e. The SMILES string of the molecule is C=C1C=CNc2ccc3c(c21)CCS3(=O)=O.[HH]. The number of anilines is 1. The Balaban J connectivity index is 0.00000108. The summed E-state index contributed by atoms with van der Waals surface area (Å²) < 4.78 is 23.6. The Morgan fingerprint density at radius 1 is 1.38 bits per heavy atom. The number of rotatable bonds is 0. The zero-order valence-corrected chi connectivity index (χ0v) is 9.47. The van der Waals surface area contributed by atoms with Crippen molar-refractivity contribution in [2.45, 2.75) is 11.3 Å². The average Bonchev–Trinajstić information content (AvgIpc) is 2.55. The van der Waals surface area contributed by atoms with Crippen LogP contribution < -0.4 is 5.32 Å². The lowest BCUT2D eigenvalue weighted by atomic mass is 9.95. The predicted molar refractivity (Wildman–Crippen MR) is 66.1 cm³/mol. The van der Waals surface area contributed by atoms with Gasteiger partial charge in [0, 0.05) is 18.9 Å². The third-order valence-electron chi connectivity index (χ3n) is 3.07. The van der Waals surface area contributed by atoms with Crippen molar-refractivity contribution in [2.24, 2.45) is 0 Å². The lowest BCUT2D eigenvalue weighted by Crippen LogP contribution is -2.03. The van der Waals surface area contributed by atoms with Crippen LogP contribution in [0.2, 0.25) is 0 Å². The van der Waals surface area contributed by atoms with Gasteiger partial charge in [-0.1, -0.05) is 6.58 Å². The summed E-state index contributed by atoms with van der Waals surface area (Å²) in [6.45, 7) is 3.96. The molecule has 0 fully saturated rings. The normalized spacial score (nSPS) is 20.1. The Bertz CT molecular complexity index is 632. The maximum absolute atomic E-state index is 11.8. The molecule has 16 heavy (non-hydrogen) atoms. The van der Waals surface area contributed by atoms with Gasteiger partial charge >= 0.3 is 0 Å². The van der Waals surface area contributed by atoms with Crippen LogP contribution in [-0.2, 0) is 16.3 Å². The standard InChI is InChI=1S/C12H11NO2S.H2/c1-8-4-6-13-10-2-3-11-9(12(8)10)5-7-16(11,14)15;/h2-4,6,13H,1,5,7H2;1H. The summed E-state index contributed by atoms with van der Waals surface area (Å²) in [6, 6.07) is 3.50. The van der Waals surface area contributed by atoms with E-state index in [2.05, 4.69) is 11.9 Å². The van der Waals surface area contributed by atoms with E-state index in [4.69, 9.17) is 0 Å². The molecule has 3 rings (SSSR count). The molecule has 84 valence electrons. The van der Waals surface area contributed by atoms with Gasteiger partial charge < -0.3 is 5.32 Å². The summed E-state index contributed by atoms with van der Waals surface area (Å²) in [5.74, 6) is 0.218. The van der Waals surface area contributed by atoms with Crippen molar-refractivity contribution < 1.29 is 9.84 Å². The minimum absolute atomic E-state index is 0. The van der Waals surface area contributed by atoms with E-state index < -0.39 is 9.84 Å². The first kappa shape index (κ1) is 9.66. The van der Waals surface area contributed by atoms with Crippen molar-refractivity contribution >= 4 is 21.1 Å². The molecule has 2 aliphatic rings. The minimum Gasteiger partial charge on any atom is -0.361 e. The molecule has 0 aliphatic carbocycles. The highest BCUT2D eigenvalue weighted by Gasteiger charge is 2.30. The molecule has 0 unspecified atom stereocenters. The van der Waals surface area contributed by atoms with E-state index in [1.165, 1.54) is 0 Å². The molecule has 0 bridgehead atoms. The van der Waals surface area contributed by atoms with Gasteiger partial charge in [-0.3, -0.25) is 0 Å². The second-order valence-corrected chi connectivity index (χ2v) is 6.11. The second kappa shape index (κ2) is 2.98. The van der Waals surface area contributed by atoms with Gasteiger partial charge in [-0.05, 0) is 35.8 Å². The third-order valence-corrected chi connectivity index (χ3v) is 4.86. The summed E-state index contributed by atoms with van der Waals surface area (Å²) in [5.41, 5.74) is 3.70. The Morgan fingerprint density at radius 3 is 3.00 bits per heavy atom. The van der Waals surface area contributed by atoms with Gasteiger partial charge in [-0.15, -0.1) is 0 Å². The van der Waals surface area contributed by atoms with Crippen molar-refractivity contribution in [3.05, 3.63) is 42.1 Å². The number of fused-ring (bicyclic) bond motifs is 3. The molecule has 0 atom stereocenters. The molecule has 0 spiro atoms. The molecule has 0 aromatic heterocycles. The lowest BCUT2D eigenvalue weighted by molar-refractivity contribution is 0.600. The fourth-order valence-electron chi connectivity index (χ4n) is 2.32. The fraction of sp³-hybridized carbons (Fsp3) is 0.167. The van der Waals surface area contributed by atoms with Crippen molar-refractivity contribution in [3.8, 4) is 0 Å². The molecular weight excluding hydrogens is 222 g/mol. The van der Waals surface area contributed by atoms with Crippen LogP contribution in [0.1, 0.15) is 12.6 Å². The van der Waals surface area contributed by atoms with Crippen LogP contribution >= 0.6 is 0 Å². The van der Waals surface area contributed by atoms with Gasteiger partial charge in [0.25, 0.3) is 0 Å². The van der Waals surface area contributed by atoms with E-state index in [1.807, 2.05) is 18.3 Å². The van der Waals surface area contributed by atoms with Gasteiger partial charge in [0.15, 0.2) is 9.84 Å². The highest BCUT2D eigenvalue weighted by atomic mass is 32.2. The average molecular weight is 235 g/mol. The van der Waals surface area contributed by atoms with Crippen LogP contribution in [0, 0.1) is 0 Å². The van der Waals surface area contributed by atoms with Crippen LogP contribution in [0.25, 0.3) is 5.57 Å². The fourth-order valence-corrected chi connectivity index (χ4v) is 3.86. The maximum atomic E-state index is 11.8. The zero-order valence-electron chi connectivity index (χ0n) is 8.66. The zero-order chi connectivity index (χ0) is 11.3. The lowest BCUT2D eigenvalue weighted by Gasteiger charge is -2.17. The summed E-state index contributed by atoms with van der Waals surface area (Å²) >= 11 is 0. The van der Waals surface area contributed by atoms with E-state index in [1.54, 1.807) is 6.07 Å². The van der Waals surface area contributed by atoms with Crippen molar-refractivity contribution in [3.63, 3.8) is 0 Å². The molecule has 1 aromatic rings. The van der Waals surface area contributed by atoms with Gasteiger partial charge in [0.05, 0.1) is 10.6 Å². The topological polar surface area (TPSA) is 46.2 Å². The number of nitrogens with one attached hydrogen (secondary N) is 1. The first-order chi connectivity index (χ1) is 7.59. The number of hydrogen-bond acceptors (Lipinski definition) is 3. The van der Waals surface area contributed by atoms with Crippen molar-refractivity contribution in [1.82, 2.24) is 0 Å². The second-order valence-electron chi connectivity index (χ2n) is 4.04. The molecule has 1 N–H and O–H groups in total. The molecule has 0 saturated carbocycles. The molecule has 1 aromatic carbocycles. The van der Waals surface area contributed by atoms with E-state index in [0.29, 0.717) is 11.3 Å².